The fourth-order valence-electron chi connectivity index (χ4n) is 1.67. The molecule has 2 rings (SSSR count). The molecule has 2 N–H and O–H groups in total. The monoisotopic (exact) mass is 259 g/mol. The highest BCUT2D eigenvalue weighted by Crippen LogP contribution is 2.34. The molecule has 2 aromatic carbocycles. The van der Waals surface area contributed by atoms with Gasteiger partial charge < -0.3 is 10.5 Å². The smallest absolute Gasteiger partial charge is 0.132 e. The molecule has 1 atom stereocenters. The van der Waals surface area contributed by atoms with Gasteiger partial charge in [-0.1, -0.05) is 36.0 Å². The molecule has 0 unspecified atom stereocenters. The van der Waals surface area contributed by atoms with E-state index < -0.39 is 0 Å². The van der Waals surface area contributed by atoms with E-state index in [1.54, 1.807) is 18.9 Å². The summed E-state index contributed by atoms with van der Waals surface area (Å²) in [6, 6.07) is 16.4. The Morgan fingerprint density at radius 1 is 1.06 bits per heavy atom. The molecular formula is C15H17NOS. The molecule has 0 radical (unpaired) electrons. The molecule has 94 valence electrons. The zero-order chi connectivity index (χ0) is 13.0. The van der Waals surface area contributed by atoms with Gasteiger partial charge in [-0.3, -0.25) is 0 Å². The maximum Gasteiger partial charge on any atom is 0.132 e. The Balaban J connectivity index is 2.18. The molecule has 18 heavy (non-hydrogen) atoms. The lowest BCUT2D eigenvalue weighted by Crippen LogP contribution is -2.04. The zero-order valence-corrected chi connectivity index (χ0v) is 11.4. The average Bonchev–Trinajstić information content (AvgIpc) is 2.40. The zero-order valence-electron chi connectivity index (χ0n) is 10.6. The fraction of sp³-hybridized carbons (Fsp3) is 0.200. The summed E-state index contributed by atoms with van der Waals surface area (Å²) in [5, 5.41) is 0. The van der Waals surface area contributed by atoms with Crippen LogP contribution in [-0.4, -0.2) is 7.11 Å². The van der Waals surface area contributed by atoms with Crippen LogP contribution in [0.4, 0.5) is 0 Å². The van der Waals surface area contributed by atoms with Gasteiger partial charge in [0, 0.05) is 10.9 Å². The molecule has 0 heterocycles. The molecule has 0 aliphatic rings. The predicted octanol–water partition coefficient (Wildman–Crippen LogP) is 3.87. The summed E-state index contributed by atoms with van der Waals surface area (Å²) in [7, 11) is 1.69. The first-order chi connectivity index (χ1) is 8.70. The summed E-state index contributed by atoms with van der Waals surface area (Å²) in [5.41, 5.74) is 6.99. The molecular weight excluding hydrogens is 242 g/mol. The van der Waals surface area contributed by atoms with Gasteiger partial charge in [0.05, 0.1) is 12.0 Å². The van der Waals surface area contributed by atoms with Gasteiger partial charge in [0.15, 0.2) is 0 Å². The number of benzene rings is 2. The molecule has 0 saturated carbocycles. The van der Waals surface area contributed by atoms with Gasteiger partial charge in [0.25, 0.3) is 0 Å². The highest BCUT2D eigenvalue weighted by Gasteiger charge is 2.04. The predicted molar refractivity (Wildman–Crippen MR) is 76.2 cm³/mol. The van der Waals surface area contributed by atoms with E-state index in [2.05, 4.69) is 30.3 Å². The van der Waals surface area contributed by atoms with E-state index in [9.17, 15) is 0 Å². The van der Waals surface area contributed by atoms with E-state index in [0.29, 0.717) is 0 Å². The number of para-hydroxylation sites is 1. The number of ether oxygens (including phenoxy) is 1. The highest BCUT2D eigenvalue weighted by atomic mass is 32.2. The van der Waals surface area contributed by atoms with Gasteiger partial charge in [0.2, 0.25) is 0 Å². The van der Waals surface area contributed by atoms with Crippen LogP contribution < -0.4 is 10.5 Å². The Morgan fingerprint density at radius 2 is 1.72 bits per heavy atom. The van der Waals surface area contributed by atoms with Crippen molar-refractivity contribution in [3.63, 3.8) is 0 Å². The molecule has 0 bridgehead atoms. The van der Waals surface area contributed by atoms with Crippen molar-refractivity contribution in [2.24, 2.45) is 5.73 Å². The van der Waals surface area contributed by atoms with Crippen molar-refractivity contribution in [2.75, 3.05) is 7.11 Å². The molecule has 2 aromatic rings. The maximum atomic E-state index is 5.84. The third-order valence-electron chi connectivity index (χ3n) is 2.70. The van der Waals surface area contributed by atoms with Crippen molar-refractivity contribution in [3.8, 4) is 5.75 Å². The Bertz CT molecular complexity index is 508. The van der Waals surface area contributed by atoms with Crippen LogP contribution in [0.5, 0.6) is 5.75 Å². The number of hydrogen-bond acceptors (Lipinski definition) is 3. The second-order valence-electron chi connectivity index (χ2n) is 4.11. The minimum atomic E-state index is 0.0790. The summed E-state index contributed by atoms with van der Waals surface area (Å²) in [5.74, 6) is 0.902. The summed E-state index contributed by atoms with van der Waals surface area (Å²) >= 11 is 1.69. The van der Waals surface area contributed by atoms with Gasteiger partial charge in [-0.05, 0) is 36.8 Å². The number of methoxy groups -OCH3 is 1. The molecule has 0 aromatic heterocycles. The minimum Gasteiger partial charge on any atom is -0.496 e. The Hall–Kier alpha value is -1.45. The minimum absolute atomic E-state index is 0.0790. The summed E-state index contributed by atoms with van der Waals surface area (Å²) in [6.45, 7) is 1.99. The van der Waals surface area contributed by atoms with Gasteiger partial charge >= 0.3 is 0 Å². The van der Waals surface area contributed by atoms with Crippen LogP contribution >= 0.6 is 11.8 Å². The van der Waals surface area contributed by atoms with Gasteiger partial charge in [-0.15, -0.1) is 0 Å². The fourth-order valence-corrected chi connectivity index (χ4v) is 2.59. The topological polar surface area (TPSA) is 35.2 Å². The lowest BCUT2D eigenvalue weighted by atomic mass is 10.1. The lowest BCUT2D eigenvalue weighted by molar-refractivity contribution is 0.405. The number of hydrogen-bond donors (Lipinski definition) is 1. The van der Waals surface area contributed by atoms with Crippen molar-refractivity contribution in [1.29, 1.82) is 0 Å². The summed E-state index contributed by atoms with van der Waals surface area (Å²) in [6.07, 6.45) is 0. The molecule has 2 nitrogen and oxygen atoms in total. The number of rotatable bonds is 4. The van der Waals surface area contributed by atoms with Crippen LogP contribution in [0.3, 0.4) is 0 Å². The van der Waals surface area contributed by atoms with E-state index >= 15 is 0 Å². The highest BCUT2D eigenvalue weighted by molar-refractivity contribution is 7.99. The van der Waals surface area contributed by atoms with Crippen LogP contribution in [-0.2, 0) is 0 Å². The van der Waals surface area contributed by atoms with E-state index in [4.69, 9.17) is 10.5 Å². The molecule has 3 heteroatoms. The first-order valence-corrected chi connectivity index (χ1v) is 6.69. The van der Waals surface area contributed by atoms with Crippen LogP contribution in [0.15, 0.2) is 58.3 Å². The molecule has 0 fully saturated rings. The maximum absolute atomic E-state index is 5.84. The third kappa shape index (κ3) is 3.06. The first-order valence-electron chi connectivity index (χ1n) is 5.87. The van der Waals surface area contributed by atoms with Crippen molar-refractivity contribution < 1.29 is 4.74 Å². The molecule has 0 aliphatic heterocycles. The molecule has 0 aliphatic carbocycles. The van der Waals surface area contributed by atoms with Crippen molar-refractivity contribution in [3.05, 3.63) is 54.1 Å². The van der Waals surface area contributed by atoms with Crippen molar-refractivity contribution in [1.82, 2.24) is 0 Å². The Kier molecular flexibility index (Phi) is 4.28. The van der Waals surface area contributed by atoms with E-state index in [0.717, 1.165) is 16.2 Å². The lowest BCUT2D eigenvalue weighted by Gasteiger charge is -2.09. The number of nitrogens with two attached hydrogens (primary N) is 1. The van der Waals surface area contributed by atoms with Crippen LogP contribution in [0.25, 0.3) is 0 Å². The molecule has 0 spiro atoms. The van der Waals surface area contributed by atoms with Crippen LogP contribution in [0.1, 0.15) is 18.5 Å². The molecule has 0 amide bonds. The summed E-state index contributed by atoms with van der Waals surface area (Å²) < 4.78 is 5.34. The Labute approximate surface area is 112 Å². The van der Waals surface area contributed by atoms with E-state index in [1.165, 1.54) is 4.90 Å². The average molecular weight is 259 g/mol. The molecule has 0 saturated heterocycles. The first kappa shape index (κ1) is 13.0. The van der Waals surface area contributed by atoms with Gasteiger partial charge in [0.1, 0.15) is 5.75 Å². The van der Waals surface area contributed by atoms with Crippen molar-refractivity contribution in [2.45, 2.75) is 22.8 Å². The van der Waals surface area contributed by atoms with E-state index in [-0.39, 0.29) is 6.04 Å². The van der Waals surface area contributed by atoms with Gasteiger partial charge in [-0.2, -0.15) is 0 Å². The van der Waals surface area contributed by atoms with Crippen LogP contribution in [0, 0.1) is 0 Å². The standard InChI is InChI=1S/C15H17NOS/c1-11(16)12-7-9-13(10-8-12)18-15-6-4-3-5-14(15)17-2/h3-11H,16H2,1-2H3/t11-/m0/s1. The van der Waals surface area contributed by atoms with Crippen molar-refractivity contribution >= 4 is 11.8 Å². The largest absolute Gasteiger partial charge is 0.496 e. The van der Waals surface area contributed by atoms with E-state index in [1.807, 2.05) is 25.1 Å². The third-order valence-corrected chi connectivity index (χ3v) is 3.77. The Morgan fingerprint density at radius 3 is 2.33 bits per heavy atom. The SMILES string of the molecule is COc1ccccc1Sc1ccc([C@H](C)N)cc1. The van der Waals surface area contributed by atoms with Gasteiger partial charge in [-0.25, -0.2) is 0 Å². The second kappa shape index (κ2) is 5.94. The second-order valence-corrected chi connectivity index (χ2v) is 5.23. The van der Waals surface area contributed by atoms with Crippen LogP contribution in [0.2, 0.25) is 0 Å². The normalized spacial score (nSPS) is 12.2. The quantitative estimate of drug-likeness (QED) is 0.905. The summed E-state index contributed by atoms with van der Waals surface area (Å²) in [4.78, 5) is 2.30.